The molecule has 0 saturated heterocycles. The van der Waals surface area contributed by atoms with E-state index in [2.05, 4.69) is 25.9 Å². The first kappa shape index (κ1) is 21.0. The van der Waals surface area contributed by atoms with Crippen LogP contribution in [0.15, 0.2) is 53.3 Å². The third kappa shape index (κ3) is 4.43. The fourth-order valence-corrected chi connectivity index (χ4v) is 3.40. The number of hydrogen-bond donors (Lipinski definition) is 4. The quantitative estimate of drug-likeness (QED) is 0.470. The van der Waals surface area contributed by atoms with Crippen molar-refractivity contribution in [2.24, 2.45) is 0 Å². The number of carbonyl (C=O) groups is 2. The summed E-state index contributed by atoms with van der Waals surface area (Å²) in [5, 5.41) is 8.12. The molecular formula is C22H20FN5O4. The zero-order chi connectivity index (χ0) is 22.7. The highest BCUT2D eigenvalue weighted by Gasteiger charge is 2.35. The fourth-order valence-electron chi connectivity index (χ4n) is 3.40. The molecule has 9 nitrogen and oxygen atoms in total. The van der Waals surface area contributed by atoms with Gasteiger partial charge < -0.3 is 20.7 Å². The van der Waals surface area contributed by atoms with Crippen molar-refractivity contribution < 1.29 is 18.7 Å². The molecule has 2 aromatic carbocycles. The number of rotatable bonds is 6. The van der Waals surface area contributed by atoms with E-state index in [1.165, 1.54) is 24.3 Å². The van der Waals surface area contributed by atoms with Gasteiger partial charge >= 0.3 is 0 Å². The van der Waals surface area contributed by atoms with Crippen molar-refractivity contribution >= 4 is 35.0 Å². The van der Waals surface area contributed by atoms with E-state index in [9.17, 15) is 18.8 Å². The molecule has 32 heavy (non-hydrogen) atoms. The molecule has 0 fully saturated rings. The smallest absolute Gasteiger partial charge is 0.258 e. The molecule has 4 N–H and O–H groups in total. The van der Waals surface area contributed by atoms with Gasteiger partial charge in [0.05, 0.1) is 23.8 Å². The predicted molar refractivity (Wildman–Crippen MR) is 117 cm³/mol. The van der Waals surface area contributed by atoms with E-state index in [-0.39, 0.29) is 23.8 Å². The Bertz CT molecular complexity index is 1230. The summed E-state index contributed by atoms with van der Waals surface area (Å²) >= 11 is 0. The third-order valence-corrected chi connectivity index (χ3v) is 4.82. The number of para-hydroxylation sites is 2. The Labute approximate surface area is 182 Å². The lowest BCUT2D eigenvalue weighted by Gasteiger charge is -2.24. The first-order chi connectivity index (χ1) is 15.4. The Balaban J connectivity index is 1.63. The van der Waals surface area contributed by atoms with E-state index in [0.29, 0.717) is 23.7 Å². The fraction of sp³-hybridized carbons (Fsp3) is 0.182. The highest BCUT2D eigenvalue weighted by atomic mass is 19.1. The van der Waals surface area contributed by atoms with E-state index in [0.717, 1.165) is 0 Å². The molecule has 3 aromatic rings. The van der Waals surface area contributed by atoms with Crippen molar-refractivity contribution in [3.8, 4) is 5.75 Å². The Morgan fingerprint density at radius 1 is 1.19 bits per heavy atom. The van der Waals surface area contributed by atoms with E-state index >= 15 is 0 Å². The van der Waals surface area contributed by atoms with Crippen LogP contribution in [-0.4, -0.2) is 28.4 Å². The second kappa shape index (κ2) is 8.88. The van der Waals surface area contributed by atoms with Gasteiger partial charge in [0.25, 0.3) is 5.56 Å². The van der Waals surface area contributed by atoms with E-state index in [1.54, 1.807) is 24.3 Å². The number of anilines is 4. The molecule has 1 atom stereocenters. The van der Waals surface area contributed by atoms with Crippen LogP contribution in [0.5, 0.6) is 5.75 Å². The number of hydrogen-bond acceptors (Lipinski definition) is 6. The van der Waals surface area contributed by atoms with Crippen LogP contribution >= 0.6 is 0 Å². The highest BCUT2D eigenvalue weighted by molar-refractivity contribution is 6.05. The SMILES string of the molecule is CCOc1ccccc1NC(=O)C1CC(=O)Nc2nc(Nc3ccc(F)cc3)[nH]c(=O)c21. The monoisotopic (exact) mass is 437 g/mol. The minimum Gasteiger partial charge on any atom is -0.492 e. The maximum Gasteiger partial charge on any atom is 0.258 e. The molecule has 0 aliphatic carbocycles. The van der Waals surface area contributed by atoms with Gasteiger partial charge in [-0.1, -0.05) is 12.1 Å². The maximum absolute atomic E-state index is 13.1. The van der Waals surface area contributed by atoms with Gasteiger partial charge in [-0.05, 0) is 43.3 Å². The first-order valence-electron chi connectivity index (χ1n) is 9.94. The topological polar surface area (TPSA) is 125 Å². The Morgan fingerprint density at radius 2 is 1.94 bits per heavy atom. The van der Waals surface area contributed by atoms with Gasteiger partial charge in [0.1, 0.15) is 17.4 Å². The van der Waals surface area contributed by atoms with E-state index in [1.807, 2.05) is 6.92 Å². The summed E-state index contributed by atoms with van der Waals surface area (Å²) in [7, 11) is 0. The number of carbonyl (C=O) groups excluding carboxylic acids is 2. The summed E-state index contributed by atoms with van der Waals surface area (Å²) in [5.41, 5.74) is 0.405. The van der Waals surface area contributed by atoms with Gasteiger partial charge in [-0.25, -0.2) is 4.39 Å². The summed E-state index contributed by atoms with van der Waals surface area (Å²) in [4.78, 5) is 44.9. The number of amides is 2. The molecule has 2 amide bonds. The number of aromatic nitrogens is 2. The van der Waals surface area contributed by atoms with Crippen LogP contribution < -0.4 is 26.2 Å². The lowest BCUT2D eigenvalue weighted by Crippen LogP contribution is -2.36. The van der Waals surface area contributed by atoms with Crippen molar-refractivity contribution in [1.82, 2.24) is 9.97 Å². The van der Waals surface area contributed by atoms with Crippen LogP contribution in [0.2, 0.25) is 0 Å². The van der Waals surface area contributed by atoms with Gasteiger partial charge in [-0.3, -0.25) is 19.4 Å². The molecule has 1 unspecified atom stereocenters. The lowest BCUT2D eigenvalue weighted by molar-refractivity contribution is -0.123. The van der Waals surface area contributed by atoms with Gasteiger partial charge in [0.15, 0.2) is 0 Å². The van der Waals surface area contributed by atoms with E-state index < -0.39 is 29.1 Å². The normalized spacial score (nSPS) is 14.8. The molecule has 1 aromatic heterocycles. The maximum atomic E-state index is 13.1. The molecule has 1 aliphatic heterocycles. The Kier molecular flexibility index (Phi) is 5.84. The number of ether oxygens (including phenoxy) is 1. The van der Waals surface area contributed by atoms with E-state index in [4.69, 9.17) is 4.74 Å². The molecule has 4 rings (SSSR count). The summed E-state index contributed by atoms with van der Waals surface area (Å²) in [6.07, 6.45) is -0.203. The highest BCUT2D eigenvalue weighted by Crippen LogP contribution is 2.32. The molecule has 0 saturated carbocycles. The number of nitrogens with one attached hydrogen (secondary N) is 4. The van der Waals surface area contributed by atoms with Crippen LogP contribution in [-0.2, 0) is 9.59 Å². The number of aromatic amines is 1. The van der Waals surface area contributed by atoms with Gasteiger partial charge in [0, 0.05) is 12.1 Å². The van der Waals surface area contributed by atoms with Crippen LogP contribution in [0.3, 0.4) is 0 Å². The number of nitrogens with zero attached hydrogens (tertiary/aromatic N) is 1. The molecule has 1 aliphatic rings. The van der Waals surface area contributed by atoms with Gasteiger partial charge in [0.2, 0.25) is 17.8 Å². The minimum absolute atomic E-state index is 0.00662. The summed E-state index contributed by atoms with van der Waals surface area (Å²) in [6.45, 7) is 2.23. The summed E-state index contributed by atoms with van der Waals surface area (Å²) in [5.74, 6) is -1.90. The standard InChI is InChI=1S/C22H20FN5O4/c1-2-32-16-6-4-3-5-15(16)25-20(30)14-11-17(29)26-19-18(14)21(31)28-22(27-19)24-13-9-7-12(23)8-10-13/h3-10,14H,2,11H2,1H3,(H,25,30)(H3,24,26,27,28,29,31). The Hall–Kier alpha value is -4.21. The summed E-state index contributed by atoms with van der Waals surface area (Å²) < 4.78 is 18.6. The van der Waals surface area contributed by atoms with Crippen molar-refractivity contribution in [1.29, 1.82) is 0 Å². The third-order valence-electron chi connectivity index (χ3n) is 4.82. The van der Waals surface area contributed by atoms with Gasteiger partial charge in [-0.15, -0.1) is 0 Å². The van der Waals surface area contributed by atoms with Crippen LogP contribution in [0.25, 0.3) is 0 Å². The average Bonchev–Trinajstić information content (AvgIpc) is 2.76. The zero-order valence-electron chi connectivity index (χ0n) is 17.1. The lowest BCUT2D eigenvalue weighted by atomic mass is 9.92. The number of halogens is 1. The number of benzene rings is 2. The second-order valence-electron chi connectivity index (χ2n) is 7.03. The molecule has 164 valence electrons. The molecule has 2 heterocycles. The minimum atomic E-state index is -1.04. The van der Waals surface area contributed by atoms with Crippen molar-refractivity contribution in [3.63, 3.8) is 0 Å². The van der Waals surface area contributed by atoms with Gasteiger partial charge in [-0.2, -0.15) is 4.98 Å². The average molecular weight is 437 g/mol. The zero-order valence-corrected chi connectivity index (χ0v) is 17.1. The summed E-state index contributed by atoms with van der Waals surface area (Å²) in [6, 6.07) is 12.3. The second-order valence-corrected chi connectivity index (χ2v) is 7.03. The Morgan fingerprint density at radius 3 is 2.69 bits per heavy atom. The van der Waals surface area contributed by atoms with Crippen LogP contribution in [0, 0.1) is 5.82 Å². The largest absolute Gasteiger partial charge is 0.492 e. The van der Waals surface area contributed by atoms with Crippen molar-refractivity contribution in [3.05, 3.63) is 70.3 Å². The number of fused-ring (bicyclic) bond motifs is 1. The molecular weight excluding hydrogens is 417 g/mol. The predicted octanol–water partition coefficient (Wildman–Crippen LogP) is 3.12. The van der Waals surface area contributed by atoms with Crippen molar-refractivity contribution in [2.45, 2.75) is 19.3 Å². The first-order valence-corrected chi connectivity index (χ1v) is 9.94. The molecule has 0 bridgehead atoms. The van der Waals surface area contributed by atoms with Crippen LogP contribution in [0.1, 0.15) is 24.8 Å². The molecule has 0 radical (unpaired) electrons. The molecule has 10 heteroatoms. The number of H-pyrrole nitrogens is 1. The van der Waals surface area contributed by atoms with Crippen LogP contribution in [0.4, 0.5) is 27.5 Å². The molecule has 0 spiro atoms. The van der Waals surface area contributed by atoms with Crippen molar-refractivity contribution in [2.75, 3.05) is 22.6 Å².